The van der Waals surface area contributed by atoms with Crippen molar-refractivity contribution in [3.8, 4) is 0 Å². The molecule has 22 heavy (non-hydrogen) atoms. The van der Waals surface area contributed by atoms with Crippen molar-refractivity contribution in [1.29, 1.82) is 0 Å². The first kappa shape index (κ1) is 15.7. The highest BCUT2D eigenvalue weighted by Crippen LogP contribution is 2.29. The van der Waals surface area contributed by atoms with Crippen LogP contribution in [-0.4, -0.2) is 40.3 Å². The van der Waals surface area contributed by atoms with Gasteiger partial charge < -0.3 is 15.2 Å². The van der Waals surface area contributed by atoms with E-state index in [0.717, 1.165) is 41.0 Å². The van der Waals surface area contributed by atoms with E-state index in [9.17, 15) is 5.11 Å². The lowest BCUT2D eigenvalue weighted by molar-refractivity contribution is 0.120. The average Bonchev–Trinajstić information content (AvgIpc) is 3.23. The maximum atomic E-state index is 10.1. The molecule has 1 aromatic carbocycles. The molecule has 1 saturated heterocycles. The van der Waals surface area contributed by atoms with Crippen LogP contribution in [0.25, 0.3) is 0 Å². The molecular weight excluding hydrogens is 318 g/mol. The molecule has 1 fully saturated rings. The lowest BCUT2D eigenvalue weighted by Gasteiger charge is -2.09. The number of hydrogen-bond donors (Lipinski definition) is 2. The Labute approximate surface area is 138 Å². The number of anilines is 1. The molecule has 0 spiro atoms. The van der Waals surface area contributed by atoms with Crippen LogP contribution in [-0.2, 0) is 4.74 Å². The Balaban J connectivity index is 1.45. The maximum absolute atomic E-state index is 10.1. The predicted octanol–water partition coefficient (Wildman–Crippen LogP) is 2.95. The summed E-state index contributed by atoms with van der Waals surface area (Å²) in [6.45, 7) is 1.65. The normalized spacial score (nSPS) is 19.2. The number of thioether (sulfide) groups is 1. The lowest BCUT2D eigenvalue weighted by Crippen LogP contribution is -2.18. The highest BCUT2D eigenvalue weighted by atomic mass is 32.2. The van der Waals surface area contributed by atoms with Crippen LogP contribution < -0.4 is 5.32 Å². The molecule has 1 aliphatic rings. The van der Waals surface area contributed by atoms with E-state index >= 15 is 0 Å². The van der Waals surface area contributed by atoms with E-state index in [-0.39, 0.29) is 0 Å². The highest BCUT2D eigenvalue weighted by Gasteiger charge is 2.16. The van der Waals surface area contributed by atoms with Crippen LogP contribution in [0.5, 0.6) is 0 Å². The Hall–Kier alpha value is -1.15. The van der Waals surface area contributed by atoms with E-state index in [4.69, 9.17) is 4.74 Å². The number of benzene rings is 1. The van der Waals surface area contributed by atoms with E-state index in [2.05, 4.69) is 15.5 Å². The fourth-order valence-corrected chi connectivity index (χ4v) is 4.02. The lowest BCUT2D eigenvalue weighted by atomic mass is 10.1. The molecular formula is C15H19N3O2S2. The van der Waals surface area contributed by atoms with Crippen LogP contribution in [0.1, 0.15) is 24.5 Å². The monoisotopic (exact) mass is 337 g/mol. The highest BCUT2D eigenvalue weighted by molar-refractivity contribution is 8.01. The zero-order valence-electron chi connectivity index (χ0n) is 12.1. The second-order valence-electron chi connectivity index (χ2n) is 5.13. The number of hydrogen-bond acceptors (Lipinski definition) is 7. The number of aromatic nitrogens is 2. The summed E-state index contributed by atoms with van der Waals surface area (Å²) in [5.41, 5.74) is 0.927. The van der Waals surface area contributed by atoms with E-state index in [1.54, 1.807) is 0 Å². The van der Waals surface area contributed by atoms with Crippen molar-refractivity contribution in [2.24, 2.45) is 0 Å². The van der Waals surface area contributed by atoms with Crippen LogP contribution in [0, 0.1) is 0 Å². The molecule has 2 aromatic rings. The third kappa shape index (κ3) is 4.42. The van der Waals surface area contributed by atoms with Crippen LogP contribution in [0.2, 0.25) is 0 Å². The summed E-state index contributed by atoms with van der Waals surface area (Å²) in [5.74, 6) is 0.574. The summed E-state index contributed by atoms with van der Waals surface area (Å²) in [5, 5.41) is 22.5. The van der Waals surface area contributed by atoms with Crippen molar-refractivity contribution < 1.29 is 9.84 Å². The number of rotatable bonds is 7. The number of aliphatic hydroxyl groups excluding tert-OH is 1. The zero-order chi connectivity index (χ0) is 15.2. The SMILES string of the molecule is O[C@@H](CSc1nnc(NC[C@H]2CCCO2)s1)c1ccccc1. The van der Waals surface area contributed by atoms with Gasteiger partial charge in [-0.2, -0.15) is 0 Å². The molecule has 2 atom stereocenters. The smallest absolute Gasteiger partial charge is 0.206 e. The van der Waals surface area contributed by atoms with Crippen LogP contribution in [0.3, 0.4) is 0 Å². The van der Waals surface area contributed by atoms with Crippen molar-refractivity contribution >= 4 is 28.2 Å². The van der Waals surface area contributed by atoms with Crippen molar-refractivity contribution in [1.82, 2.24) is 10.2 Å². The molecule has 7 heteroatoms. The molecule has 118 valence electrons. The van der Waals surface area contributed by atoms with Gasteiger partial charge >= 0.3 is 0 Å². The van der Waals surface area contributed by atoms with Gasteiger partial charge in [-0.15, -0.1) is 10.2 Å². The van der Waals surface area contributed by atoms with Gasteiger partial charge in [-0.3, -0.25) is 0 Å². The molecule has 5 nitrogen and oxygen atoms in total. The minimum Gasteiger partial charge on any atom is -0.388 e. The Morgan fingerprint density at radius 3 is 3.00 bits per heavy atom. The van der Waals surface area contributed by atoms with Crippen molar-refractivity contribution in [2.75, 3.05) is 24.2 Å². The molecule has 0 amide bonds. The Morgan fingerprint density at radius 1 is 1.36 bits per heavy atom. The van der Waals surface area contributed by atoms with Crippen LogP contribution in [0.4, 0.5) is 5.13 Å². The van der Waals surface area contributed by atoms with Gasteiger partial charge in [0.05, 0.1) is 12.2 Å². The molecule has 2 N–H and O–H groups in total. The molecule has 0 saturated carbocycles. The van der Waals surface area contributed by atoms with Crippen molar-refractivity contribution in [3.05, 3.63) is 35.9 Å². The molecule has 0 aliphatic carbocycles. The second kappa shape index (κ2) is 7.92. The van der Waals surface area contributed by atoms with E-state index in [0.29, 0.717) is 11.9 Å². The summed E-state index contributed by atoms with van der Waals surface area (Å²) in [4.78, 5) is 0. The summed E-state index contributed by atoms with van der Waals surface area (Å²) >= 11 is 3.04. The van der Waals surface area contributed by atoms with Gasteiger partial charge in [-0.05, 0) is 18.4 Å². The van der Waals surface area contributed by atoms with E-state index in [1.807, 2.05) is 30.3 Å². The molecule has 2 heterocycles. The maximum Gasteiger partial charge on any atom is 0.206 e. The zero-order valence-corrected chi connectivity index (χ0v) is 13.8. The fraction of sp³-hybridized carbons (Fsp3) is 0.467. The number of nitrogens with zero attached hydrogens (tertiary/aromatic N) is 2. The molecule has 0 radical (unpaired) electrons. The predicted molar refractivity (Wildman–Crippen MR) is 89.5 cm³/mol. The number of nitrogens with one attached hydrogen (secondary N) is 1. The minimum atomic E-state index is -0.488. The van der Waals surface area contributed by atoms with Gasteiger partial charge in [-0.25, -0.2) is 0 Å². The van der Waals surface area contributed by atoms with Gasteiger partial charge in [0, 0.05) is 18.9 Å². The topological polar surface area (TPSA) is 67.3 Å². The fourth-order valence-electron chi connectivity index (χ4n) is 2.27. The van der Waals surface area contributed by atoms with E-state index in [1.165, 1.54) is 23.1 Å². The van der Waals surface area contributed by atoms with Crippen molar-refractivity contribution in [3.63, 3.8) is 0 Å². The second-order valence-corrected chi connectivity index (χ2v) is 7.37. The molecule has 1 aliphatic heterocycles. The van der Waals surface area contributed by atoms with Gasteiger partial charge in [0.25, 0.3) is 0 Å². The molecule has 0 bridgehead atoms. The van der Waals surface area contributed by atoms with Gasteiger partial charge in [-0.1, -0.05) is 53.4 Å². The van der Waals surface area contributed by atoms with Gasteiger partial charge in [0.2, 0.25) is 5.13 Å². The first-order chi connectivity index (χ1) is 10.8. The Bertz CT molecular complexity index is 573. The third-order valence-corrected chi connectivity index (χ3v) is 5.55. The molecule has 0 unspecified atom stereocenters. The summed E-state index contributed by atoms with van der Waals surface area (Å²) in [6, 6.07) is 9.67. The quantitative estimate of drug-likeness (QED) is 0.757. The average molecular weight is 337 g/mol. The standard InChI is InChI=1S/C15H19N3O2S2/c19-13(11-5-2-1-3-6-11)10-21-15-18-17-14(22-15)16-9-12-7-4-8-20-12/h1-3,5-6,12-13,19H,4,7-10H2,(H,16,17)/t12-,13+/m1/s1. The summed E-state index contributed by atoms with van der Waals surface area (Å²) in [7, 11) is 0. The first-order valence-corrected chi connectivity index (χ1v) is 9.16. The third-order valence-electron chi connectivity index (χ3n) is 3.46. The number of aliphatic hydroxyl groups is 1. The number of ether oxygens (including phenoxy) is 1. The van der Waals surface area contributed by atoms with Crippen LogP contribution >= 0.6 is 23.1 Å². The molecule has 1 aromatic heterocycles. The van der Waals surface area contributed by atoms with Gasteiger partial charge in [0.15, 0.2) is 4.34 Å². The summed E-state index contributed by atoms with van der Waals surface area (Å²) < 4.78 is 6.43. The molecule has 3 rings (SSSR count). The summed E-state index contributed by atoms with van der Waals surface area (Å²) in [6.07, 6.45) is 2.05. The van der Waals surface area contributed by atoms with Crippen molar-refractivity contribution in [2.45, 2.75) is 29.4 Å². The van der Waals surface area contributed by atoms with E-state index < -0.39 is 6.10 Å². The Morgan fingerprint density at radius 2 is 2.23 bits per heavy atom. The Kier molecular flexibility index (Phi) is 5.66. The van der Waals surface area contributed by atoms with Gasteiger partial charge in [0.1, 0.15) is 0 Å². The first-order valence-electron chi connectivity index (χ1n) is 7.36. The minimum absolute atomic E-state index is 0.292. The van der Waals surface area contributed by atoms with Crippen LogP contribution in [0.15, 0.2) is 34.7 Å². The largest absolute Gasteiger partial charge is 0.388 e.